The molecule has 0 aliphatic carbocycles. The largest absolute Gasteiger partial charge is 0.492 e. The molecule has 1 aromatic carbocycles. The van der Waals surface area contributed by atoms with Crippen molar-refractivity contribution in [3.8, 4) is 5.75 Å². The summed E-state index contributed by atoms with van der Waals surface area (Å²) in [5.74, 6) is 0.871. The van der Waals surface area contributed by atoms with E-state index in [0.29, 0.717) is 6.61 Å². The summed E-state index contributed by atoms with van der Waals surface area (Å²) in [6.07, 6.45) is 0. The average molecular weight is 177 g/mol. The Balaban J connectivity index is 2.33. The van der Waals surface area contributed by atoms with Gasteiger partial charge < -0.3 is 9.64 Å². The molecule has 0 atom stereocenters. The van der Waals surface area contributed by atoms with Gasteiger partial charge >= 0.3 is 0 Å². The Kier molecular flexibility index (Phi) is 3.77. The van der Waals surface area contributed by atoms with Crippen LogP contribution in [0.15, 0.2) is 24.3 Å². The highest BCUT2D eigenvalue weighted by Gasteiger charge is 1.93. The molecule has 1 aromatic rings. The van der Waals surface area contributed by atoms with Gasteiger partial charge in [0, 0.05) is 6.54 Å². The van der Waals surface area contributed by atoms with Crippen molar-refractivity contribution in [1.29, 1.82) is 0 Å². The zero-order valence-corrected chi connectivity index (χ0v) is 8.16. The fourth-order valence-electron chi connectivity index (χ4n) is 0.910. The third kappa shape index (κ3) is 3.95. The van der Waals surface area contributed by atoms with Crippen LogP contribution in [0.5, 0.6) is 5.75 Å². The maximum absolute atomic E-state index is 5.54. The van der Waals surface area contributed by atoms with Crippen molar-refractivity contribution < 1.29 is 4.74 Å². The minimum Gasteiger partial charge on any atom is -0.492 e. The molecule has 0 spiro atoms. The highest BCUT2D eigenvalue weighted by Crippen LogP contribution is 2.10. The minimum absolute atomic E-state index is 0.705. The molecule has 2 radical (unpaired) electrons. The molecule has 0 aliphatic heterocycles. The molecule has 0 saturated heterocycles. The zero-order chi connectivity index (χ0) is 9.68. The highest BCUT2D eigenvalue weighted by molar-refractivity contribution is 5.28. The lowest BCUT2D eigenvalue weighted by atomic mass is 10.2. The van der Waals surface area contributed by atoms with Crippen LogP contribution in [0.25, 0.3) is 0 Å². The van der Waals surface area contributed by atoms with Crippen molar-refractivity contribution in [1.82, 2.24) is 4.90 Å². The van der Waals surface area contributed by atoms with E-state index in [4.69, 9.17) is 11.7 Å². The molecular formula is C11H15NO. The molecule has 0 aliphatic rings. The van der Waals surface area contributed by atoms with E-state index in [1.807, 2.05) is 38.4 Å². The Morgan fingerprint density at radius 2 is 1.85 bits per heavy atom. The quantitative estimate of drug-likeness (QED) is 0.694. The molecule has 0 aromatic heterocycles. The van der Waals surface area contributed by atoms with E-state index in [1.54, 1.807) is 0 Å². The molecule has 2 heteroatoms. The summed E-state index contributed by atoms with van der Waals surface area (Å²) in [5, 5.41) is 0. The van der Waals surface area contributed by atoms with Crippen molar-refractivity contribution in [3.05, 3.63) is 36.8 Å². The molecule has 0 saturated carbocycles. The second-order valence-corrected chi connectivity index (χ2v) is 3.22. The number of rotatable bonds is 4. The van der Waals surface area contributed by atoms with Crippen LogP contribution in [-0.2, 0) is 0 Å². The highest BCUT2D eigenvalue weighted by atomic mass is 16.5. The first kappa shape index (κ1) is 10.1. The maximum Gasteiger partial charge on any atom is 0.119 e. The normalized spacial score (nSPS) is 10.5. The lowest BCUT2D eigenvalue weighted by Crippen LogP contribution is -2.19. The molecule has 0 unspecified atom stereocenters. The van der Waals surface area contributed by atoms with Gasteiger partial charge in [-0.15, -0.1) is 0 Å². The molecule has 0 N–H and O–H groups in total. The third-order valence-corrected chi connectivity index (χ3v) is 1.69. The lowest BCUT2D eigenvalue weighted by Gasteiger charge is -2.10. The molecule has 0 bridgehead atoms. The number of hydrogen-bond donors (Lipinski definition) is 0. The van der Waals surface area contributed by atoms with Crippen LogP contribution in [0.1, 0.15) is 5.56 Å². The van der Waals surface area contributed by atoms with E-state index in [1.165, 1.54) is 0 Å². The molecule has 1 rings (SSSR count). The Morgan fingerprint density at radius 1 is 1.23 bits per heavy atom. The smallest absolute Gasteiger partial charge is 0.119 e. The van der Waals surface area contributed by atoms with Gasteiger partial charge in [0.25, 0.3) is 0 Å². The Morgan fingerprint density at radius 3 is 2.38 bits per heavy atom. The summed E-state index contributed by atoms with van der Waals surface area (Å²) in [5.41, 5.74) is 0.764. The van der Waals surface area contributed by atoms with Crippen molar-refractivity contribution in [2.75, 3.05) is 27.2 Å². The minimum atomic E-state index is 0.705. The second-order valence-electron chi connectivity index (χ2n) is 3.22. The van der Waals surface area contributed by atoms with E-state index in [2.05, 4.69) is 4.90 Å². The molecule has 2 nitrogen and oxygen atoms in total. The van der Waals surface area contributed by atoms with Gasteiger partial charge in [-0.1, -0.05) is 12.1 Å². The first-order chi connectivity index (χ1) is 6.18. The predicted octanol–water partition coefficient (Wildman–Crippen LogP) is 1.69. The molecular weight excluding hydrogens is 162 g/mol. The first-order valence-corrected chi connectivity index (χ1v) is 4.31. The second kappa shape index (κ2) is 4.87. The third-order valence-electron chi connectivity index (χ3n) is 1.69. The SMILES string of the molecule is [CH]c1ccc(OCCN(C)C)cc1. The molecule has 0 fully saturated rings. The van der Waals surface area contributed by atoms with Crippen LogP contribution in [0.2, 0.25) is 0 Å². The number of likely N-dealkylation sites (N-methyl/N-ethyl adjacent to an activating group) is 1. The van der Waals surface area contributed by atoms with Gasteiger partial charge in [-0.3, -0.25) is 0 Å². The van der Waals surface area contributed by atoms with Gasteiger partial charge in [-0.05, 0) is 38.7 Å². The molecule has 13 heavy (non-hydrogen) atoms. The van der Waals surface area contributed by atoms with Crippen LogP contribution >= 0.6 is 0 Å². The van der Waals surface area contributed by atoms with Crippen molar-refractivity contribution in [3.63, 3.8) is 0 Å². The summed E-state index contributed by atoms with van der Waals surface area (Å²) in [7, 11) is 4.04. The van der Waals surface area contributed by atoms with Gasteiger partial charge in [0.1, 0.15) is 12.4 Å². The van der Waals surface area contributed by atoms with Gasteiger partial charge in [0.15, 0.2) is 0 Å². The number of hydrogen-bond acceptors (Lipinski definition) is 2. The fourth-order valence-corrected chi connectivity index (χ4v) is 0.910. The Labute approximate surface area is 80.1 Å². The van der Waals surface area contributed by atoms with Gasteiger partial charge in [-0.2, -0.15) is 0 Å². The van der Waals surface area contributed by atoms with Crippen LogP contribution < -0.4 is 4.74 Å². The van der Waals surface area contributed by atoms with E-state index in [9.17, 15) is 0 Å². The summed E-state index contributed by atoms with van der Waals surface area (Å²) in [6.45, 7) is 7.17. The number of benzene rings is 1. The standard InChI is InChI=1S/C11H15NO/c1-10-4-6-11(7-5-10)13-9-8-12(2)3/h1,4-7H,8-9H2,2-3H3. The molecule has 70 valence electrons. The van der Waals surface area contributed by atoms with Crippen LogP contribution in [0.3, 0.4) is 0 Å². The van der Waals surface area contributed by atoms with E-state index in [-0.39, 0.29) is 0 Å². The maximum atomic E-state index is 5.54. The van der Waals surface area contributed by atoms with E-state index in [0.717, 1.165) is 17.9 Å². The fraction of sp³-hybridized carbons (Fsp3) is 0.364. The summed E-state index contributed by atoms with van der Waals surface area (Å²) in [6, 6.07) is 7.44. The Bertz CT molecular complexity index is 241. The van der Waals surface area contributed by atoms with Gasteiger partial charge in [-0.25, -0.2) is 0 Å². The molecule has 0 heterocycles. The summed E-state index contributed by atoms with van der Waals surface area (Å²) >= 11 is 0. The van der Waals surface area contributed by atoms with Crippen LogP contribution in [0, 0.1) is 6.92 Å². The summed E-state index contributed by atoms with van der Waals surface area (Å²) in [4.78, 5) is 2.08. The zero-order valence-electron chi connectivity index (χ0n) is 8.16. The average Bonchev–Trinajstić information content (AvgIpc) is 2.08. The van der Waals surface area contributed by atoms with Gasteiger partial charge in [0.05, 0.1) is 0 Å². The monoisotopic (exact) mass is 177 g/mol. The predicted molar refractivity (Wildman–Crippen MR) is 53.9 cm³/mol. The van der Waals surface area contributed by atoms with E-state index < -0.39 is 0 Å². The van der Waals surface area contributed by atoms with Gasteiger partial charge in [0.2, 0.25) is 0 Å². The van der Waals surface area contributed by atoms with Crippen molar-refractivity contribution in [2.45, 2.75) is 0 Å². The van der Waals surface area contributed by atoms with Crippen LogP contribution in [-0.4, -0.2) is 32.1 Å². The van der Waals surface area contributed by atoms with Crippen molar-refractivity contribution in [2.24, 2.45) is 0 Å². The van der Waals surface area contributed by atoms with Crippen LogP contribution in [0.4, 0.5) is 0 Å². The summed E-state index contributed by atoms with van der Waals surface area (Å²) < 4.78 is 5.47. The van der Waals surface area contributed by atoms with Crippen molar-refractivity contribution >= 4 is 0 Å². The Hall–Kier alpha value is -1.02. The molecule has 0 amide bonds. The lowest BCUT2D eigenvalue weighted by molar-refractivity contribution is 0.261. The number of ether oxygens (including phenoxy) is 1. The number of nitrogens with zero attached hydrogens (tertiary/aromatic N) is 1. The topological polar surface area (TPSA) is 12.5 Å². The van der Waals surface area contributed by atoms with E-state index >= 15 is 0 Å². The first-order valence-electron chi connectivity index (χ1n) is 4.31.